The second-order valence-electron chi connectivity index (χ2n) is 6.63. The Balaban J connectivity index is 2.51. The second-order valence-corrected chi connectivity index (χ2v) is 6.63. The summed E-state index contributed by atoms with van der Waals surface area (Å²) in [4.78, 5) is 0. The fraction of sp³-hybridized carbons (Fsp3) is 0.750. The van der Waals surface area contributed by atoms with E-state index in [2.05, 4.69) is 41.2 Å². The van der Waals surface area contributed by atoms with Gasteiger partial charge in [-0.3, -0.25) is 0 Å². The first-order chi connectivity index (χ1) is 7.37. The molecule has 0 bridgehead atoms. The van der Waals surface area contributed by atoms with Crippen LogP contribution in [0, 0.1) is 23.2 Å². The monoisotopic (exact) mass is 218 g/mol. The minimum Gasteiger partial charge on any atom is -0.0955 e. The summed E-state index contributed by atoms with van der Waals surface area (Å²) in [6.07, 6.45) is 3.97. The van der Waals surface area contributed by atoms with E-state index < -0.39 is 0 Å². The summed E-state index contributed by atoms with van der Waals surface area (Å²) >= 11 is 0. The maximum Gasteiger partial charge on any atom is -0.00672 e. The first-order valence-corrected chi connectivity index (χ1v) is 6.79. The molecule has 2 aliphatic rings. The van der Waals surface area contributed by atoms with E-state index in [-0.39, 0.29) is 0 Å². The number of allylic oxidation sites excluding steroid dienone is 3. The number of hydrogen-bond acceptors (Lipinski definition) is 0. The number of rotatable bonds is 1. The Bertz CT molecular complexity index is 345. The Hall–Kier alpha value is -0.520. The standard InChI is InChI=1S/C16H26/c1-10(2)14-12(4)9-16(6)8-7-11(3)13(5)15(14)16/h10-11,13H,4,7-9H2,1-3,5-6H3/t11?,13?,16-/m0/s1. The Kier molecular flexibility index (Phi) is 2.80. The second kappa shape index (κ2) is 3.75. The largest absolute Gasteiger partial charge is 0.0955 e. The van der Waals surface area contributed by atoms with Gasteiger partial charge in [0.1, 0.15) is 0 Å². The van der Waals surface area contributed by atoms with Crippen LogP contribution in [0.4, 0.5) is 0 Å². The molecule has 0 N–H and O–H groups in total. The molecular weight excluding hydrogens is 192 g/mol. The van der Waals surface area contributed by atoms with Crippen molar-refractivity contribution >= 4 is 0 Å². The topological polar surface area (TPSA) is 0 Å². The first-order valence-electron chi connectivity index (χ1n) is 6.79. The average Bonchev–Trinajstić information content (AvgIpc) is 2.45. The maximum atomic E-state index is 4.33. The fourth-order valence-corrected chi connectivity index (χ4v) is 3.99. The van der Waals surface area contributed by atoms with Gasteiger partial charge in [0.2, 0.25) is 0 Å². The zero-order chi connectivity index (χ0) is 12.1. The highest BCUT2D eigenvalue weighted by Crippen LogP contribution is 2.57. The van der Waals surface area contributed by atoms with Crippen molar-refractivity contribution in [3.63, 3.8) is 0 Å². The summed E-state index contributed by atoms with van der Waals surface area (Å²) in [5.41, 5.74) is 5.24. The van der Waals surface area contributed by atoms with Crippen LogP contribution in [-0.4, -0.2) is 0 Å². The summed E-state index contributed by atoms with van der Waals surface area (Å²) in [5, 5.41) is 0. The first kappa shape index (κ1) is 12.0. The van der Waals surface area contributed by atoms with Gasteiger partial charge in [0.25, 0.3) is 0 Å². The molecule has 0 aromatic carbocycles. The highest BCUT2D eigenvalue weighted by molar-refractivity contribution is 5.47. The van der Waals surface area contributed by atoms with Gasteiger partial charge in [0.05, 0.1) is 0 Å². The normalized spacial score (nSPS) is 39.5. The van der Waals surface area contributed by atoms with E-state index in [0.29, 0.717) is 11.3 Å². The molecular formula is C16H26. The van der Waals surface area contributed by atoms with Crippen molar-refractivity contribution in [1.82, 2.24) is 0 Å². The fourth-order valence-electron chi connectivity index (χ4n) is 3.99. The minimum atomic E-state index is 0.447. The lowest BCUT2D eigenvalue weighted by Crippen LogP contribution is -2.30. The quantitative estimate of drug-likeness (QED) is 0.583. The van der Waals surface area contributed by atoms with Crippen LogP contribution in [0.5, 0.6) is 0 Å². The Labute approximate surface area is 101 Å². The van der Waals surface area contributed by atoms with Crippen LogP contribution in [-0.2, 0) is 0 Å². The van der Waals surface area contributed by atoms with Crippen LogP contribution in [0.2, 0.25) is 0 Å². The molecule has 2 rings (SSSR count). The van der Waals surface area contributed by atoms with E-state index in [1.54, 1.807) is 11.1 Å². The summed E-state index contributed by atoms with van der Waals surface area (Å²) in [5.74, 6) is 2.26. The number of hydrogen-bond donors (Lipinski definition) is 0. The number of fused-ring (bicyclic) bond motifs is 1. The molecule has 0 radical (unpaired) electrons. The molecule has 0 nitrogen and oxygen atoms in total. The van der Waals surface area contributed by atoms with Crippen molar-refractivity contribution in [3.05, 3.63) is 23.3 Å². The van der Waals surface area contributed by atoms with Crippen molar-refractivity contribution in [3.8, 4) is 0 Å². The van der Waals surface area contributed by atoms with Crippen molar-refractivity contribution < 1.29 is 0 Å². The lowest BCUT2D eigenvalue weighted by molar-refractivity contribution is 0.216. The third kappa shape index (κ3) is 1.58. The summed E-state index contributed by atoms with van der Waals surface area (Å²) in [7, 11) is 0. The molecule has 0 heteroatoms. The van der Waals surface area contributed by atoms with Crippen LogP contribution in [0.15, 0.2) is 23.3 Å². The molecule has 1 fully saturated rings. The van der Waals surface area contributed by atoms with Crippen LogP contribution >= 0.6 is 0 Å². The zero-order valence-corrected chi connectivity index (χ0v) is 11.6. The van der Waals surface area contributed by atoms with Crippen molar-refractivity contribution in [2.45, 2.75) is 53.9 Å². The maximum absolute atomic E-state index is 4.33. The molecule has 3 atom stereocenters. The third-order valence-corrected chi connectivity index (χ3v) is 4.96. The van der Waals surface area contributed by atoms with E-state index in [9.17, 15) is 0 Å². The molecule has 0 aromatic heterocycles. The van der Waals surface area contributed by atoms with Gasteiger partial charge in [-0.05, 0) is 48.0 Å². The van der Waals surface area contributed by atoms with Crippen molar-refractivity contribution in [2.75, 3.05) is 0 Å². The molecule has 90 valence electrons. The molecule has 0 saturated heterocycles. The Morgan fingerprint density at radius 3 is 2.50 bits per heavy atom. The molecule has 1 saturated carbocycles. The van der Waals surface area contributed by atoms with E-state index in [1.165, 1.54) is 24.8 Å². The molecule has 0 heterocycles. The Morgan fingerprint density at radius 1 is 1.31 bits per heavy atom. The lowest BCUT2D eigenvalue weighted by Gasteiger charge is -2.41. The lowest BCUT2D eigenvalue weighted by atomic mass is 9.64. The van der Waals surface area contributed by atoms with Gasteiger partial charge in [0, 0.05) is 0 Å². The van der Waals surface area contributed by atoms with Crippen LogP contribution in [0.3, 0.4) is 0 Å². The van der Waals surface area contributed by atoms with E-state index in [4.69, 9.17) is 0 Å². The van der Waals surface area contributed by atoms with Crippen molar-refractivity contribution in [2.24, 2.45) is 23.2 Å². The summed E-state index contributed by atoms with van der Waals surface area (Å²) in [6, 6.07) is 0. The van der Waals surface area contributed by atoms with Gasteiger partial charge < -0.3 is 0 Å². The molecule has 0 amide bonds. The van der Waals surface area contributed by atoms with Gasteiger partial charge >= 0.3 is 0 Å². The van der Waals surface area contributed by atoms with Gasteiger partial charge in [-0.25, -0.2) is 0 Å². The highest BCUT2D eigenvalue weighted by Gasteiger charge is 2.45. The van der Waals surface area contributed by atoms with Gasteiger partial charge in [-0.2, -0.15) is 0 Å². The van der Waals surface area contributed by atoms with Gasteiger partial charge in [-0.15, -0.1) is 0 Å². The Morgan fingerprint density at radius 2 is 1.94 bits per heavy atom. The van der Waals surface area contributed by atoms with Crippen LogP contribution in [0.1, 0.15) is 53.9 Å². The molecule has 0 aromatic rings. The molecule has 2 aliphatic carbocycles. The smallest absolute Gasteiger partial charge is 0.00672 e. The average molecular weight is 218 g/mol. The summed E-state index contributed by atoms with van der Waals surface area (Å²) < 4.78 is 0. The van der Waals surface area contributed by atoms with Crippen LogP contribution in [0.25, 0.3) is 0 Å². The highest BCUT2D eigenvalue weighted by atomic mass is 14.5. The predicted octanol–water partition coefficient (Wildman–Crippen LogP) is 4.97. The van der Waals surface area contributed by atoms with Crippen molar-refractivity contribution in [1.29, 1.82) is 0 Å². The predicted molar refractivity (Wildman–Crippen MR) is 71.3 cm³/mol. The van der Waals surface area contributed by atoms with Gasteiger partial charge in [-0.1, -0.05) is 52.3 Å². The van der Waals surface area contributed by atoms with Gasteiger partial charge in [0.15, 0.2) is 0 Å². The third-order valence-electron chi connectivity index (χ3n) is 4.96. The molecule has 0 spiro atoms. The molecule has 16 heavy (non-hydrogen) atoms. The minimum absolute atomic E-state index is 0.447. The van der Waals surface area contributed by atoms with E-state index in [0.717, 1.165) is 11.8 Å². The SMILES string of the molecule is C=C1C[C@]2(C)CCC(C)C(C)C2=C1C(C)C. The van der Waals surface area contributed by atoms with E-state index in [1.807, 2.05) is 0 Å². The van der Waals surface area contributed by atoms with E-state index >= 15 is 0 Å². The van der Waals surface area contributed by atoms with Crippen LogP contribution < -0.4 is 0 Å². The zero-order valence-electron chi connectivity index (χ0n) is 11.6. The molecule has 0 aliphatic heterocycles. The molecule has 2 unspecified atom stereocenters. The summed E-state index contributed by atoms with van der Waals surface area (Å²) in [6.45, 7) is 16.3.